The Morgan fingerprint density at radius 2 is 2.33 bits per heavy atom. The summed E-state index contributed by atoms with van der Waals surface area (Å²) >= 11 is 2.16. The van der Waals surface area contributed by atoms with E-state index < -0.39 is 0 Å². The maximum absolute atomic E-state index is 2.36. The van der Waals surface area contributed by atoms with Crippen molar-refractivity contribution in [2.24, 2.45) is 5.92 Å². The van der Waals surface area contributed by atoms with Crippen molar-refractivity contribution in [1.82, 2.24) is 0 Å². The fourth-order valence-electron chi connectivity index (χ4n) is 2.77. The molecule has 0 bridgehead atoms. The minimum Gasteiger partial charge on any atom is -0.122 e. The third kappa shape index (κ3) is 0.922. The van der Waals surface area contributed by atoms with E-state index in [1.54, 1.807) is 4.91 Å². The molecule has 0 aromatic heterocycles. The van der Waals surface area contributed by atoms with Crippen LogP contribution in [0.1, 0.15) is 32.1 Å². The Hall–Kier alpha value is -0.170. The van der Waals surface area contributed by atoms with Crippen LogP contribution in [0.4, 0.5) is 0 Å². The Bertz CT molecular complexity index is 262. The summed E-state index contributed by atoms with van der Waals surface area (Å²) in [6.07, 6.45) is 11.8. The fraction of sp³-hybridized carbons (Fsp3) is 0.636. The summed E-state index contributed by atoms with van der Waals surface area (Å²) in [5.41, 5.74) is 1.81. The molecule has 0 amide bonds. The molecular weight excluding hydrogens is 164 g/mol. The summed E-state index contributed by atoms with van der Waals surface area (Å²) < 4.78 is 0. The highest BCUT2D eigenvalue weighted by Crippen LogP contribution is 2.53. The molecule has 1 aliphatic heterocycles. The van der Waals surface area contributed by atoms with E-state index in [0.29, 0.717) is 0 Å². The molecule has 2 atom stereocenters. The van der Waals surface area contributed by atoms with Crippen molar-refractivity contribution in [3.63, 3.8) is 0 Å². The van der Waals surface area contributed by atoms with Crippen molar-refractivity contribution in [2.45, 2.75) is 37.4 Å². The van der Waals surface area contributed by atoms with Crippen molar-refractivity contribution in [3.8, 4) is 0 Å². The van der Waals surface area contributed by atoms with Crippen LogP contribution in [0.15, 0.2) is 22.6 Å². The van der Waals surface area contributed by atoms with Crippen molar-refractivity contribution in [3.05, 3.63) is 22.6 Å². The standard InChI is InChI=1S/C11H14S/c1-2-6-10-8(4-1)9-5-3-7-11(9)12-10/h2,6,9,11H,1,3-5,7H2. The highest BCUT2D eigenvalue weighted by atomic mass is 32.2. The van der Waals surface area contributed by atoms with Gasteiger partial charge in [0.1, 0.15) is 0 Å². The minimum atomic E-state index is 0.970. The van der Waals surface area contributed by atoms with E-state index in [0.717, 1.165) is 11.2 Å². The molecule has 1 heterocycles. The van der Waals surface area contributed by atoms with Crippen molar-refractivity contribution in [2.75, 3.05) is 0 Å². The molecule has 1 fully saturated rings. The van der Waals surface area contributed by atoms with Gasteiger partial charge in [-0.2, -0.15) is 0 Å². The van der Waals surface area contributed by atoms with Crippen LogP contribution in [0.3, 0.4) is 0 Å². The van der Waals surface area contributed by atoms with Crippen LogP contribution in [0.5, 0.6) is 0 Å². The van der Waals surface area contributed by atoms with Gasteiger partial charge in [-0.05, 0) is 31.6 Å². The second-order valence-electron chi connectivity index (χ2n) is 4.02. The topological polar surface area (TPSA) is 0 Å². The average Bonchev–Trinajstić information content (AvgIpc) is 2.62. The van der Waals surface area contributed by atoms with E-state index in [4.69, 9.17) is 0 Å². The number of thioether (sulfide) groups is 1. The summed E-state index contributed by atoms with van der Waals surface area (Å²) in [5.74, 6) is 0.981. The second kappa shape index (κ2) is 2.66. The van der Waals surface area contributed by atoms with Crippen molar-refractivity contribution < 1.29 is 0 Å². The van der Waals surface area contributed by atoms with Gasteiger partial charge < -0.3 is 0 Å². The fourth-order valence-corrected chi connectivity index (χ4v) is 4.43. The Kier molecular flexibility index (Phi) is 1.61. The highest BCUT2D eigenvalue weighted by Gasteiger charge is 2.37. The first kappa shape index (κ1) is 7.25. The summed E-state index contributed by atoms with van der Waals surface area (Å²) in [6, 6.07) is 0. The number of hydrogen-bond acceptors (Lipinski definition) is 1. The molecule has 2 unspecified atom stereocenters. The van der Waals surface area contributed by atoms with E-state index in [9.17, 15) is 0 Å². The lowest BCUT2D eigenvalue weighted by Gasteiger charge is -2.13. The lowest BCUT2D eigenvalue weighted by atomic mass is 9.91. The van der Waals surface area contributed by atoms with Crippen LogP contribution in [-0.4, -0.2) is 5.25 Å². The van der Waals surface area contributed by atoms with Gasteiger partial charge in [0.2, 0.25) is 0 Å². The molecule has 1 saturated carbocycles. The average molecular weight is 178 g/mol. The third-order valence-electron chi connectivity index (χ3n) is 3.34. The first-order chi connectivity index (χ1) is 5.95. The monoisotopic (exact) mass is 178 g/mol. The van der Waals surface area contributed by atoms with E-state index in [1.165, 1.54) is 32.1 Å². The Labute approximate surface area is 78.1 Å². The summed E-state index contributed by atoms with van der Waals surface area (Å²) in [5, 5.41) is 0.970. The Balaban J connectivity index is 1.96. The first-order valence-electron chi connectivity index (χ1n) is 5.01. The normalized spacial score (nSPS) is 38.7. The van der Waals surface area contributed by atoms with Gasteiger partial charge in [0, 0.05) is 10.2 Å². The van der Waals surface area contributed by atoms with Crippen LogP contribution in [0, 0.1) is 5.92 Å². The molecule has 0 aromatic rings. The van der Waals surface area contributed by atoms with Crippen LogP contribution in [-0.2, 0) is 0 Å². The van der Waals surface area contributed by atoms with Gasteiger partial charge in [-0.1, -0.05) is 24.1 Å². The maximum Gasteiger partial charge on any atom is 0.0160 e. The Morgan fingerprint density at radius 3 is 3.33 bits per heavy atom. The zero-order chi connectivity index (χ0) is 7.97. The lowest BCUT2D eigenvalue weighted by molar-refractivity contribution is 0.631. The van der Waals surface area contributed by atoms with Crippen LogP contribution in [0.25, 0.3) is 0 Å². The van der Waals surface area contributed by atoms with Gasteiger partial charge in [-0.15, -0.1) is 11.8 Å². The number of allylic oxidation sites excluding steroid dienone is 3. The SMILES string of the molecule is C1=CC2=C(CC1)C1CCCC1S2. The molecule has 12 heavy (non-hydrogen) atoms. The molecule has 3 rings (SSSR count). The second-order valence-corrected chi connectivity index (χ2v) is 5.31. The van der Waals surface area contributed by atoms with Gasteiger partial charge in [0.05, 0.1) is 0 Å². The number of fused-ring (bicyclic) bond motifs is 2. The minimum absolute atomic E-state index is 0.970. The lowest BCUT2D eigenvalue weighted by Crippen LogP contribution is -2.06. The van der Waals surface area contributed by atoms with Gasteiger partial charge in [0.25, 0.3) is 0 Å². The molecule has 0 N–H and O–H groups in total. The predicted octanol–water partition coefficient (Wildman–Crippen LogP) is 3.51. The maximum atomic E-state index is 2.36. The molecular formula is C11H14S. The molecule has 64 valence electrons. The largest absolute Gasteiger partial charge is 0.122 e. The smallest absolute Gasteiger partial charge is 0.0160 e. The summed E-state index contributed by atoms with van der Waals surface area (Å²) in [6.45, 7) is 0. The molecule has 3 aliphatic rings. The van der Waals surface area contributed by atoms with Gasteiger partial charge >= 0.3 is 0 Å². The summed E-state index contributed by atoms with van der Waals surface area (Å²) in [4.78, 5) is 1.64. The number of hydrogen-bond donors (Lipinski definition) is 0. The van der Waals surface area contributed by atoms with Gasteiger partial charge in [-0.3, -0.25) is 0 Å². The number of rotatable bonds is 0. The molecule has 1 heteroatoms. The van der Waals surface area contributed by atoms with E-state index >= 15 is 0 Å². The summed E-state index contributed by atoms with van der Waals surface area (Å²) in [7, 11) is 0. The Morgan fingerprint density at radius 1 is 1.33 bits per heavy atom. The zero-order valence-electron chi connectivity index (χ0n) is 7.25. The van der Waals surface area contributed by atoms with E-state index in [-0.39, 0.29) is 0 Å². The van der Waals surface area contributed by atoms with Gasteiger partial charge in [0.15, 0.2) is 0 Å². The zero-order valence-corrected chi connectivity index (χ0v) is 8.07. The van der Waals surface area contributed by atoms with E-state index in [2.05, 4.69) is 23.9 Å². The molecule has 0 radical (unpaired) electrons. The molecule has 2 aliphatic carbocycles. The van der Waals surface area contributed by atoms with Crippen molar-refractivity contribution >= 4 is 11.8 Å². The quantitative estimate of drug-likeness (QED) is 0.547. The first-order valence-corrected chi connectivity index (χ1v) is 5.89. The molecule has 0 nitrogen and oxygen atoms in total. The highest BCUT2D eigenvalue weighted by molar-refractivity contribution is 8.04. The molecule has 0 aromatic carbocycles. The van der Waals surface area contributed by atoms with Crippen molar-refractivity contribution in [1.29, 1.82) is 0 Å². The third-order valence-corrected chi connectivity index (χ3v) is 4.86. The predicted molar refractivity (Wildman–Crippen MR) is 54.1 cm³/mol. The van der Waals surface area contributed by atoms with E-state index in [1.807, 2.05) is 5.57 Å². The van der Waals surface area contributed by atoms with Crippen LogP contribution >= 0.6 is 11.8 Å². The van der Waals surface area contributed by atoms with Crippen LogP contribution in [0.2, 0.25) is 0 Å². The molecule has 0 spiro atoms. The van der Waals surface area contributed by atoms with Gasteiger partial charge in [-0.25, -0.2) is 0 Å². The molecule has 0 saturated heterocycles. The van der Waals surface area contributed by atoms with Crippen LogP contribution < -0.4 is 0 Å².